The van der Waals surface area contributed by atoms with Gasteiger partial charge in [0.2, 0.25) is 0 Å². The van der Waals surface area contributed by atoms with Crippen LogP contribution in [0.15, 0.2) is 17.8 Å². The van der Waals surface area contributed by atoms with Crippen LogP contribution in [-0.2, 0) is 17.8 Å². The summed E-state index contributed by atoms with van der Waals surface area (Å²) < 4.78 is 7.92. The van der Waals surface area contributed by atoms with Gasteiger partial charge in [0, 0.05) is 37.1 Å². The fraction of sp³-hybridized carbons (Fsp3) is 0.667. The van der Waals surface area contributed by atoms with E-state index < -0.39 is 0 Å². The lowest BCUT2D eigenvalue weighted by atomic mass is 10.1. The summed E-state index contributed by atoms with van der Waals surface area (Å²) >= 11 is 1.86. The van der Waals surface area contributed by atoms with Gasteiger partial charge in [0.1, 0.15) is 0 Å². The van der Waals surface area contributed by atoms with Crippen LogP contribution >= 0.6 is 11.3 Å². The summed E-state index contributed by atoms with van der Waals surface area (Å²) in [5.41, 5.74) is 2.43. The molecule has 1 saturated heterocycles. The predicted octanol–water partition coefficient (Wildman–Crippen LogP) is 3.21. The average molecular weight is 347 g/mol. The molecule has 0 N–H and O–H groups in total. The van der Waals surface area contributed by atoms with Crippen molar-refractivity contribution < 1.29 is 4.74 Å². The molecule has 1 atom stereocenters. The number of hydrogen-bond acceptors (Lipinski definition) is 5. The summed E-state index contributed by atoms with van der Waals surface area (Å²) in [5.74, 6) is 0.726. The van der Waals surface area contributed by atoms with E-state index in [2.05, 4.69) is 28.5 Å². The first-order valence-electron chi connectivity index (χ1n) is 9.03. The molecule has 0 spiro atoms. The molecule has 1 saturated carbocycles. The van der Waals surface area contributed by atoms with E-state index >= 15 is 0 Å². The lowest BCUT2D eigenvalue weighted by Crippen LogP contribution is -2.43. The summed E-state index contributed by atoms with van der Waals surface area (Å²) in [5, 5.41) is 7.99. The molecule has 130 valence electrons. The van der Waals surface area contributed by atoms with Gasteiger partial charge >= 0.3 is 0 Å². The lowest BCUT2D eigenvalue weighted by Gasteiger charge is -2.32. The minimum atomic E-state index is 0.214. The molecule has 6 heteroatoms. The number of morpholine rings is 1. The molecular weight excluding hydrogens is 320 g/mol. The van der Waals surface area contributed by atoms with Gasteiger partial charge in [-0.3, -0.25) is 9.58 Å². The second-order valence-corrected chi connectivity index (χ2v) is 8.02. The highest BCUT2D eigenvalue weighted by Gasteiger charge is 2.23. The maximum Gasteiger partial charge on any atom is 0.0959 e. The molecule has 5 nitrogen and oxygen atoms in total. The third kappa shape index (κ3) is 3.87. The molecule has 0 bridgehead atoms. The Morgan fingerprint density at radius 2 is 2.21 bits per heavy atom. The second kappa shape index (κ2) is 7.33. The van der Waals surface area contributed by atoms with Crippen LogP contribution in [-0.4, -0.2) is 45.5 Å². The van der Waals surface area contributed by atoms with Crippen LogP contribution in [0.2, 0.25) is 0 Å². The van der Waals surface area contributed by atoms with Crippen LogP contribution in [0.5, 0.6) is 0 Å². The van der Waals surface area contributed by atoms with Crippen molar-refractivity contribution in [2.45, 2.75) is 57.7 Å². The summed E-state index contributed by atoms with van der Waals surface area (Å²) in [6.07, 6.45) is 9.60. The molecule has 2 aromatic rings. The topological polar surface area (TPSA) is 43.2 Å². The largest absolute Gasteiger partial charge is 0.374 e. The van der Waals surface area contributed by atoms with Crippen molar-refractivity contribution in [3.8, 4) is 0 Å². The number of aromatic nitrogens is 3. The first-order valence-corrected chi connectivity index (χ1v) is 9.91. The van der Waals surface area contributed by atoms with E-state index in [1.165, 1.54) is 41.9 Å². The van der Waals surface area contributed by atoms with Gasteiger partial charge in [0.15, 0.2) is 0 Å². The van der Waals surface area contributed by atoms with Crippen molar-refractivity contribution in [1.29, 1.82) is 0 Å². The quantitative estimate of drug-likeness (QED) is 0.834. The lowest BCUT2D eigenvalue weighted by molar-refractivity contribution is -0.0405. The maximum absolute atomic E-state index is 5.93. The first-order chi connectivity index (χ1) is 11.8. The fourth-order valence-corrected chi connectivity index (χ4v) is 4.78. The van der Waals surface area contributed by atoms with Crippen LogP contribution in [0.3, 0.4) is 0 Å². The molecule has 0 amide bonds. The molecule has 2 aromatic heterocycles. The number of nitrogens with zero attached hydrogens (tertiary/aromatic N) is 4. The number of hydrogen-bond donors (Lipinski definition) is 0. The van der Waals surface area contributed by atoms with E-state index in [0.717, 1.165) is 38.7 Å². The van der Waals surface area contributed by atoms with Gasteiger partial charge in [0.25, 0.3) is 0 Å². The Hall–Kier alpha value is -1.24. The van der Waals surface area contributed by atoms with Crippen molar-refractivity contribution in [2.75, 3.05) is 19.7 Å². The Morgan fingerprint density at radius 3 is 3.00 bits per heavy atom. The average Bonchev–Trinajstić information content (AvgIpc) is 3.29. The van der Waals surface area contributed by atoms with Gasteiger partial charge in [-0.15, -0.1) is 11.3 Å². The smallest absolute Gasteiger partial charge is 0.0959 e. The van der Waals surface area contributed by atoms with Gasteiger partial charge in [-0.1, -0.05) is 12.8 Å². The second-order valence-electron chi connectivity index (χ2n) is 7.13. The molecule has 0 aromatic carbocycles. The minimum Gasteiger partial charge on any atom is -0.374 e. The highest BCUT2D eigenvalue weighted by atomic mass is 32.1. The van der Waals surface area contributed by atoms with Crippen LogP contribution in [0, 0.1) is 6.92 Å². The molecule has 4 rings (SSSR count). The Bertz CT molecular complexity index is 662. The van der Waals surface area contributed by atoms with Crippen molar-refractivity contribution in [3.63, 3.8) is 0 Å². The molecule has 2 fully saturated rings. The van der Waals surface area contributed by atoms with Gasteiger partial charge in [-0.05, 0) is 25.3 Å². The normalized spacial score (nSPS) is 23.1. The number of ether oxygens (including phenoxy) is 1. The minimum absolute atomic E-state index is 0.214. The van der Waals surface area contributed by atoms with E-state index in [0.29, 0.717) is 0 Å². The van der Waals surface area contributed by atoms with Crippen LogP contribution < -0.4 is 0 Å². The Kier molecular flexibility index (Phi) is 4.96. The van der Waals surface area contributed by atoms with Crippen molar-refractivity contribution >= 4 is 11.3 Å². The Labute approximate surface area is 147 Å². The zero-order chi connectivity index (χ0) is 16.4. The molecule has 0 unspecified atom stereocenters. The van der Waals surface area contributed by atoms with Crippen LogP contribution in [0.1, 0.15) is 47.9 Å². The third-order valence-corrected chi connectivity index (χ3v) is 6.09. The maximum atomic E-state index is 5.93. The van der Waals surface area contributed by atoms with Crippen molar-refractivity contribution in [2.24, 2.45) is 0 Å². The fourth-order valence-electron chi connectivity index (χ4n) is 3.79. The van der Waals surface area contributed by atoms with E-state index in [4.69, 9.17) is 9.72 Å². The zero-order valence-electron chi connectivity index (χ0n) is 14.4. The van der Waals surface area contributed by atoms with Gasteiger partial charge < -0.3 is 4.74 Å². The molecule has 3 heterocycles. The molecule has 2 aliphatic rings. The summed E-state index contributed by atoms with van der Waals surface area (Å²) in [7, 11) is 0. The van der Waals surface area contributed by atoms with Crippen molar-refractivity contribution in [1.82, 2.24) is 19.7 Å². The SMILES string of the molecule is Cc1cnn(C[C@@H]2CN(Cc3csc(C4CCCC4)n3)CCO2)c1. The van der Waals surface area contributed by atoms with Crippen molar-refractivity contribution in [3.05, 3.63) is 34.0 Å². The van der Waals surface area contributed by atoms with E-state index in [1.54, 1.807) is 0 Å². The van der Waals surface area contributed by atoms with E-state index in [9.17, 15) is 0 Å². The van der Waals surface area contributed by atoms with Gasteiger partial charge in [-0.2, -0.15) is 5.10 Å². The third-order valence-electron chi connectivity index (χ3n) is 5.04. The molecular formula is C18H26N4OS. The molecule has 0 radical (unpaired) electrons. The molecule has 24 heavy (non-hydrogen) atoms. The summed E-state index contributed by atoms with van der Waals surface area (Å²) in [6, 6.07) is 0. The summed E-state index contributed by atoms with van der Waals surface area (Å²) in [4.78, 5) is 7.39. The first kappa shape index (κ1) is 16.2. The van der Waals surface area contributed by atoms with Gasteiger partial charge in [0.05, 0.1) is 36.2 Å². The Balaban J connectivity index is 1.32. The van der Waals surface area contributed by atoms with E-state index in [1.807, 2.05) is 22.2 Å². The predicted molar refractivity (Wildman–Crippen MR) is 95.3 cm³/mol. The summed E-state index contributed by atoms with van der Waals surface area (Å²) in [6.45, 7) is 6.59. The standard InChI is InChI=1S/C18H26N4OS/c1-14-8-19-22(9-14)12-17-11-21(6-7-23-17)10-16-13-24-18(20-16)15-4-2-3-5-15/h8-9,13,15,17H,2-7,10-12H2,1H3/t17-/m0/s1. The number of rotatable bonds is 5. The molecule has 1 aliphatic heterocycles. The number of thiazole rings is 1. The van der Waals surface area contributed by atoms with Crippen LogP contribution in [0.4, 0.5) is 0 Å². The van der Waals surface area contributed by atoms with E-state index in [-0.39, 0.29) is 6.10 Å². The monoisotopic (exact) mass is 346 g/mol. The van der Waals surface area contributed by atoms with Gasteiger partial charge in [-0.25, -0.2) is 4.98 Å². The molecule has 1 aliphatic carbocycles. The van der Waals surface area contributed by atoms with Crippen LogP contribution in [0.25, 0.3) is 0 Å². The highest BCUT2D eigenvalue weighted by molar-refractivity contribution is 7.09. The Morgan fingerprint density at radius 1 is 1.33 bits per heavy atom. The zero-order valence-corrected chi connectivity index (χ0v) is 15.2. The number of aryl methyl sites for hydroxylation is 1. The highest BCUT2D eigenvalue weighted by Crippen LogP contribution is 2.35.